The van der Waals surface area contributed by atoms with Crippen molar-refractivity contribution >= 4 is 0 Å². The molecular weight excluding hydrogens is 380 g/mol. The highest BCUT2D eigenvalue weighted by molar-refractivity contribution is 5.49. The molecule has 3 aromatic rings. The number of benzene rings is 2. The van der Waals surface area contributed by atoms with Crippen LogP contribution in [0.15, 0.2) is 48.5 Å². The standard InChI is InChI=1S/C22H28N6O2/c1-26-12-14-27(15-13-26)20(18-10-7-11-19(29-2)21(18)30-3)22-23-24-25-28(22)16-17-8-5-4-6-9-17/h4-11,20H,12-16H2,1-3H3/t20-/m1/s1. The van der Waals surface area contributed by atoms with E-state index in [2.05, 4.69) is 50.6 Å². The smallest absolute Gasteiger partial charge is 0.173 e. The summed E-state index contributed by atoms with van der Waals surface area (Å²) in [7, 11) is 5.49. The average molecular weight is 409 g/mol. The minimum absolute atomic E-state index is 0.137. The van der Waals surface area contributed by atoms with E-state index < -0.39 is 0 Å². The Labute approximate surface area is 177 Å². The lowest BCUT2D eigenvalue weighted by atomic mass is 10.0. The van der Waals surface area contributed by atoms with Crippen LogP contribution in [0.3, 0.4) is 0 Å². The number of para-hydroxylation sites is 1. The van der Waals surface area contributed by atoms with Gasteiger partial charge in [0, 0.05) is 31.7 Å². The SMILES string of the molecule is COc1cccc([C@H](c2nnnn2Cc2ccccc2)N2CCN(C)CC2)c1OC. The Morgan fingerprint density at radius 1 is 0.933 bits per heavy atom. The topological polar surface area (TPSA) is 68.5 Å². The van der Waals surface area contributed by atoms with Gasteiger partial charge in [0.1, 0.15) is 6.04 Å². The van der Waals surface area contributed by atoms with Crippen molar-refractivity contribution in [3.05, 3.63) is 65.5 Å². The quantitative estimate of drug-likeness (QED) is 0.593. The Morgan fingerprint density at radius 3 is 2.40 bits per heavy atom. The second-order valence-electron chi connectivity index (χ2n) is 7.50. The number of methoxy groups -OCH3 is 2. The fraction of sp³-hybridized carbons (Fsp3) is 0.409. The summed E-state index contributed by atoms with van der Waals surface area (Å²) in [4.78, 5) is 4.76. The van der Waals surface area contributed by atoms with Crippen LogP contribution in [0.4, 0.5) is 0 Å². The van der Waals surface area contributed by atoms with Gasteiger partial charge in [0.05, 0.1) is 20.8 Å². The Balaban J connectivity index is 1.77. The molecule has 2 heterocycles. The molecule has 4 rings (SSSR count). The molecule has 0 spiro atoms. The molecular formula is C22H28N6O2. The molecule has 8 heteroatoms. The number of aromatic nitrogens is 4. The number of hydrogen-bond acceptors (Lipinski definition) is 7. The summed E-state index contributed by atoms with van der Waals surface area (Å²) in [6.07, 6.45) is 0. The minimum atomic E-state index is -0.137. The summed E-state index contributed by atoms with van der Waals surface area (Å²) < 4.78 is 13.2. The van der Waals surface area contributed by atoms with Crippen LogP contribution >= 0.6 is 0 Å². The molecule has 0 bridgehead atoms. The Hall–Kier alpha value is -2.97. The summed E-state index contributed by atoms with van der Waals surface area (Å²) in [5.74, 6) is 2.23. The molecule has 1 atom stereocenters. The number of rotatable bonds is 7. The summed E-state index contributed by atoms with van der Waals surface area (Å²) in [6, 6.07) is 16.1. The molecule has 1 saturated heterocycles. The van der Waals surface area contributed by atoms with Crippen LogP contribution in [0.1, 0.15) is 23.0 Å². The maximum absolute atomic E-state index is 5.78. The number of likely N-dealkylation sites (N-methyl/N-ethyl adjacent to an activating group) is 1. The fourth-order valence-electron chi connectivity index (χ4n) is 3.98. The molecule has 0 N–H and O–H groups in total. The monoisotopic (exact) mass is 408 g/mol. The molecule has 1 aromatic heterocycles. The molecule has 1 aliphatic heterocycles. The van der Waals surface area contributed by atoms with Crippen LogP contribution < -0.4 is 9.47 Å². The molecule has 1 aliphatic rings. The first-order chi connectivity index (χ1) is 14.7. The Bertz CT molecular complexity index is 953. The van der Waals surface area contributed by atoms with Gasteiger partial charge < -0.3 is 14.4 Å². The van der Waals surface area contributed by atoms with Crippen LogP contribution in [0.25, 0.3) is 0 Å². The number of ether oxygens (including phenoxy) is 2. The van der Waals surface area contributed by atoms with Crippen molar-refractivity contribution < 1.29 is 9.47 Å². The van der Waals surface area contributed by atoms with Crippen LogP contribution in [0.5, 0.6) is 11.5 Å². The van der Waals surface area contributed by atoms with Crippen molar-refractivity contribution in [2.45, 2.75) is 12.6 Å². The van der Waals surface area contributed by atoms with Gasteiger partial charge in [0.2, 0.25) is 0 Å². The number of nitrogens with zero attached hydrogens (tertiary/aromatic N) is 6. The molecule has 1 fully saturated rings. The van der Waals surface area contributed by atoms with Crippen LogP contribution in [0, 0.1) is 0 Å². The van der Waals surface area contributed by atoms with Crippen molar-refractivity contribution in [2.24, 2.45) is 0 Å². The van der Waals surface area contributed by atoms with E-state index >= 15 is 0 Å². The predicted molar refractivity (Wildman–Crippen MR) is 114 cm³/mol. The van der Waals surface area contributed by atoms with Gasteiger partial charge in [-0.1, -0.05) is 42.5 Å². The van der Waals surface area contributed by atoms with E-state index in [1.807, 2.05) is 35.0 Å². The van der Waals surface area contributed by atoms with E-state index in [9.17, 15) is 0 Å². The zero-order chi connectivity index (χ0) is 20.9. The lowest BCUT2D eigenvalue weighted by molar-refractivity contribution is 0.120. The number of tetrazole rings is 1. The summed E-state index contributed by atoms with van der Waals surface area (Å²) in [5.41, 5.74) is 2.16. The summed E-state index contributed by atoms with van der Waals surface area (Å²) >= 11 is 0. The Kier molecular flexibility index (Phi) is 6.25. The average Bonchev–Trinajstić information content (AvgIpc) is 3.23. The zero-order valence-electron chi connectivity index (χ0n) is 17.7. The molecule has 30 heavy (non-hydrogen) atoms. The van der Waals surface area contributed by atoms with E-state index in [1.165, 1.54) is 0 Å². The Morgan fingerprint density at radius 2 is 1.70 bits per heavy atom. The van der Waals surface area contributed by atoms with E-state index in [0.29, 0.717) is 12.3 Å². The van der Waals surface area contributed by atoms with Gasteiger partial charge in [-0.3, -0.25) is 4.90 Å². The van der Waals surface area contributed by atoms with Gasteiger partial charge in [-0.15, -0.1) is 5.10 Å². The first kappa shape index (κ1) is 20.3. The largest absolute Gasteiger partial charge is 0.493 e. The molecule has 0 aliphatic carbocycles. The van der Waals surface area contributed by atoms with E-state index in [-0.39, 0.29) is 6.04 Å². The molecule has 2 aromatic carbocycles. The zero-order valence-corrected chi connectivity index (χ0v) is 17.7. The number of piperazine rings is 1. The third-order valence-electron chi connectivity index (χ3n) is 5.61. The second-order valence-corrected chi connectivity index (χ2v) is 7.50. The van der Waals surface area contributed by atoms with Crippen LogP contribution in [-0.2, 0) is 6.54 Å². The van der Waals surface area contributed by atoms with Gasteiger partial charge >= 0.3 is 0 Å². The minimum Gasteiger partial charge on any atom is -0.493 e. The molecule has 158 valence electrons. The van der Waals surface area contributed by atoms with Crippen molar-refractivity contribution in [1.82, 2.24) is 30.0 Å². The van der Waals surface area contributed by atoms with Crippen molar-refractivity contribution in [2.75, 3.05) is 47.4 Å². The predicted octanol–water partition coefficient (Wildman–Crippen LogP) is 2.08. The van der Waals surface area contributed by atoms with Crippen LogP contribution in [0.2, 0.25) is 0 Å². The number of hydrogen-bond donors (Lipinski definition) is 0. The fourth-order valence-corrected chi connectivity index (χ4v) is 3.98. The lowest BCUT2D eigenvalue weighted by Gasteiger charge is -2.38. The van der Waals surface area contributed by atoms with E-state index in [0.717, 1.165) is 48.9 Å². The molecule has 0 saturated carbocycles. The first-order valence-corrected chi connectivity index (χ1v) is 10.1. The second kappa shape index (κ2) is 9.23. The van der Waals surface area contributed by atoms with Gasteiger partial charge in [0.25, 0.3) is 0 Å². The molecule has 8 nitrogen and oxygen atoms in total. The van der Waals surface area contributed by atoms with E-state index in [4.69, 9.17) is 9.47 Å². The van der Waals surface area contributed by atoms with Gasteiger partial charge in [-0.05, 0) is 29.1 Å². The highest BCUT2D eigenvalue weighted by Gasteiger charge is 2.33. The summed E-state index contributed by atoms with van der Waals surface area (Å²) in [6.45, 7) is 4.42. The summed E-state index contributed by atoms with van der Waals surface area (Å²) in [5, 5.41) is 12.8. The van der Waals surface area contributed by atoms with Crippen molar-refractivity contribution in [3.63, 3.8) is 0 Å². The van der Waals surface area contributed by atoms with Gasteiger partial charge in [0.15, 0.2) is 17.3 Å². The third-order valence-corrected chi connectivity index (χ3v) is 5.61. The third kappa shape index (κ3) is 4.15. The van der Waals surface area contributed by atoms with Crippen molar-refractivity contribution in [1.29, 1.82) is 0 Å². The van der Waals surface area contributed by atoms with Crippen LogP contribution in [-0.4, -0.2) is 77.5 Å². The molecule has 0 amide bonds. The first-order valence-electron chi connectivity index (χ1n) is 10.1. The van der Waals surface area contributed by atoms with E-state index in [1.54, 1.807) is 14.2 Å². The maximum Gasteiger partial charge on any atom is 0.173 e. The van der Waals surface area contributed by atoms with Gasteiger partial charge in [-0.25, -0.2) is 4.68 Å². The molecule has 0 unspecified atom stereocenters. The normalized spacial score (nSPS) is 16.4. The molecule has 0 radical (unpaired) electrons. The lowest BCUT2D eigenvalue weighted by Crippen LogP contribution is -2.46. The highest BCUT2D eigenvalue weighted by atomic mass is 16.5. The highest BCUT2D eigenvalue weighted by Crippen LogP contribution is 2.39. The van der Waals surface area contributed by atoms with Gasteiger partial charge in [-0.2, -0.15) is 0 Å². The maximum atomic E-state index is 5.78. The van der Waals surface area contributed by atoms with Crippen molar-refractivity contribution in [3.8, 4) is 11.5 Å².